The van der Waals surface area contributed by atoms with Crippen molar-refractivity contribution < 1.29 is 13.9 Å². The first-order chi connectivity index (χ1) is 9.56. The largest absolute Gasteiger partial charge is 0.377 e. The first-order valence-corrected chi connectivity index (χ1v) is 7.19. The molecule has 1 fully saturated rings. The van der Waals surface area contributed by atoms with Crippen LogP contribution in [0.4, 0.5) is 4.39 Å². The van der Waals surface area contributed by atoms with Gasteiger partial charge >= 0.3 is 0 Å². The minimum absolute atomic E-state index is 0.00159. The zero-order valence-corrected chi connectivity index (χ0v) is 12.2. The molecule has 0 saturated carbocycles. The second-order valence-electron chi connectivity index (χ2n) is 5.47. The molecule has 2 rings (SSSR count). The summed E-state index contributed by atoms with van der Waals surface area (Å²) in [6.45, 7) is 7.06. The minimum atomic E-state index is -0.312. The summed E-state index contributed by atoms with van der Waals surface area (Å²) < 4.78 is 19.0. The molecule has 1 unspecified atom stereocenters. The summed E-state index contributed by atoms with van der Waals surface area (Å²) in [4.78, 5) is 14.3. The van der Waals surface area contributed by atoms with Crippen LogP contribution in [0.3, 0.4) is 0 Å². The molecule has 20 heavy (non-hydrogen) atoms. The van der Waals surface area contributed by atoms with E-state index in [0.717, 1.165) is 26.1 Å². The maximum Gasteiger partial charge on any atom is 0.164 e. The summed E-state index contributed by atoms with van der Waals surface area (Å²) in [5.74, 6) is -0.311. The fraction of sp³-hybridized carbons (Fsp3) is 0.562. The molecule has 0 aliphatic carbocycles. The van der Waals surface area contributed by atoms with Crippen molar-refractivity contribution in [2.24, 2.45) is 0 Å². The van der Waals surface area contributed by atoms with E-state index in [1.165, 1.54) is 6.07 Å². The Hall–Kier alpha value is -1.26. The molecule has 110 valence electrons. The highest BCUT2D eigenvalue weighted by Gasteiger charge is 2.16. The maximum atomic E-state index is 13.5. The lowest BCUT2D eigenvalue weighted by molar-refractivity contribution is 0.0668. The number of hydrogen-bond acceptors (Lipinski definition) is 3. The van der Waals surface area contributed by atoms with E-state index in [2.05, 4.69) is 11.8 Å². The lowest BCUT2D eigenvalue weighted by atomic mass is 10.1. The third kappa shape index (κ3) is 4.12. The van der Waals surface area contributed by atoms with Gasteiger partial charge in [-0.05, 0) is 31.9 Å². The van der Waals surface area contributed by atoms with E-state index >= 15 is 0 Å². The van der Waals surface area contributed by atoms with E-state index in [4.69, 9.17) is 4.74 Å². The molecule has 1 aromatic rings. The quantitative estimate of drug-likeness (QED) is 0.794. The van der Waals surface area contributed by atoms with E-state index in [-0.39, 0.29) is 17.7 Å². The van der Waals surface area contributed by atoms with Gasteiger partial charge in [0.2, 0.25) is 0 Å². The number of carbonyl (C=O) groups is 1. The van der Waals surface area contributed by atoms with Crippen LogP contribution in [0.2, 0.25) is 0 Å². The molecule has 3 nitrogen and oxygen atoms in total. The first kappa shape index (κ1) is 15.1. The van der Waals surface area contributed by atoms with Crippen molar-refractivity contribution in [3.05, 3.63) is 35.1 Å². The Bertz CT molecular complexity index is 476. The molecular formula is C16H22FNO2. The summed E-state index contributed by atoms with van der Waals surface area (Å²) in [6, 6.07) is 4.70. The zero-order chi connectivity index (χ0) is 14.5. The molecule has 1 aliphatic heterocycles. The number of carbonyl (C=O) groups excluding carboxylic acids is 1. The Morgan fingerprint density at radius 2 is 2.30 bits per heavy atom. The fourth-order valence-corrected chi connectivity index (χ4v) is 2.45. The van der Waals surface area contributed by atoms with E-state index in [0.29, 0.717) is 24.1 Å². The number of hydrogen-bond donors (Lipinski definition) is 0. The van der Waals surface area contributed by atoms with E-state index < -0.39 is 0 Å². The number of ketones is 1. The lowest BCUT2D eigenvalue weighted by Crippen LogP contribution is -2.32. The molecule has 0 spiro atoms. The van der Waals surface area contributed by atoms with Gasteiger partial charge in [0.05, 0.1) is 6.10 Å². The lowest BCUT2D eigenvalue weighted by Gasteiger charge is -2.21. The second-order valence-corrected chi connectivity index (χ2v) is 5.47. The minimum Gasteiger partial charge on any atom is -0.377 e. The van der Waals surface area contributed by atoms with Crippen LogP contribution in [0.15, 0.2) is 18.2 Å². The van der Waals surface area contributed by atoms with Crippen molar-refractivity contribution >= 4 is 5.78 Å². The van der Waals surface area contributed by atoms with Gasteiger partial charge in [-0.25, -0.2) is 4.39 Å². The maximum absolute atomic E-state index is 13.5. The average Bonchev–Trinajstić information content (AvgIpc) is 2.63. The van der Waals surface area contributed by atoms with Crippen LogP contribution >= 0.6 is 0 Å². The number of halogens is 1. The second kappa shape index (κ2) is 6.95. The third-order valence-electron chi connectivity index (χ3n) is 3.69. The van der Waals surface area contributed by atoms with Crippen LogP contribution in [0.25, 0.3) is 0 Å². The van der Waals surface area contributed by atoms with Crippen molar-refractivity contribution in [3.63, 3.8) is 0 Å². The molecule has 1 aliphatic rings. The van der Waals surface area contributed by atoms with Gasteiger partial charge in [0, 0.05) is 38.2 Å². The van der Waals surface area contributed by atoms with E-state index in [1.807, 2.05) is 0 Å². The van der Waals surface area contributed by atoms with Crippen LogP contribution in [0.5, 0.6) is 0 Å². The molecule has 0 N–H and O–H groups in total. The van der Waals surface area contributed by atoms with Gasteiger partial charge in [-0.2, -0.15) is 0 Å². The molecule has 1 aromatic carbocycles. The number of ether oxygens (including phenoxy) is 1. The summed E-state index contributed by atoms with van der Waals surface area (Å²) >= 11 is 0. The van der Waals surface area contributed by atoms with Crippen LogP contribution in [0, 0.1) is 12.7 Å². The van der Waals surface area contributed by atoms with Crippen molar-refractivity contribution in [1.29, 1.82) is 0 Å². The van der Waals surface area contributed by atoms with Crippen LogP contribution in [-0.4, -0.2) is 43.0 Å². The normalized spacial score (nSPS) is 20.6. The molecule has 1 atom stereocenters. The average molecular weight is 279 g/mol. The predicted octanol–water partition coefficient (Wildman–Crippen LogP) is 2.82. The van der Waals surface area contributed by atoms with Crippen molar-refractivity contribution in [1.82, 2.24) is 4.90 Å². The highest BCUT2D eigenvalue weighted by Crippen LogP contribution is 2.12. The summed E-state index contributed by atoms with van der Waals surface area (Å²) in [5, 5.41) is 0. The summed E-state index contributed by atoms with van der Waals surface area (Å²) in [7, 11) is 0. The van der Waals surface area contributed by atoms with Crippen LogP contribution in [0.1, 0.15) is 35.7 Å². The highest BCUT2D eigenvalue weighted by atomic mass is 19.1. The molecule has 0 radical (unpaired) electrons. The smallest absolute Gasteiger partial charge is 0.164 e. The molecule has 0 amide bonds. The Morgan fingerprint density at radius 3 is 3.05 bits per heavy atom. The van der Waals surface area contributed by atoms with Gasteiger partial charge in [0.15, 0.2) is 5.78 Å². The molecular weight excluding hydrogens is 257 g/mol. The van der Waals surface area contributed by atoms with Gasteiger partial charge in [-0.1, -0.05) is 12.1 Å². The summed E-state index contributed by atoms with van der Waals surface area (Å²) in [5.41, 5.74) is 1.03. The van der Waals surface area contributed by atoms with Gasteiger partial charge in [-0.15, -0.1) is 0 Å². The Kier molecular flexibility index (Phi) is 5.26. The number of nitrogens with zero attached hydrogens (tertiary/aromatic N) is 1. The predicted molar refractivity (Wildman–Crippen MR) is 76.6 cm³/mol. The van der Waals surface area contributed by atoms with Crippen LogP contribution < -0.4 is 0 Å². The third-order valence-corrected chi connectivity index (χ3v) is 3.69. The SMILES string of the molecule is Cc1ccc(C(=O)CCN2CCCOC(C)C2)cc1F. The van der Waals surface area contributed by atoms with Gasteiger partial charge in [0.25, 0.3) is 0 Å². The number of benzene rings is 1. The number of Topliss-reactive ketones (excluding diaryl/α,β-unsaturated/α-hetero) is 1. The van der Waals surface area contributed by atoms with Crippen molar-refractivity contribution in [2.45, 2.75) is 32.8 Å². The Labute approximate surface area is 119 Å². The van der Waals surface area contributed by atoms with Gasteiger partial charge in [-0.3, -0.25) is 4.79 Å². The zero-order valence-electron chi connectivity index (χ0n) is 12.2. The van der Waals surface area contributed by atoms with E-state index in [1.54, 1.807) is 19.1 Å². The van der Waals surface area contributed by atoms with Gasteiger partial charge in [0.1, 0.15) is 5.82 Å². The topological polar surface area (TPSA) is 29.5 Å². The molecule has 1 heterocycles. The van der Waals surface area contributed by atoms with Gasteiger partial charge < -0.3 is 9.64 Å². The molecule has 0 bridgehead atoms. The standard InChI is InChI=1S/C16H22FNO2/c1-12-4-5-14(10-15(12)17)16(19)6-8-18-7-3-9-20-13(2)11-18/h4-5,10,13H,3,6-9,11H2,1-2H3. The highest BCUT2D eigenvalue weighted by molar-refractivity contribution is 5.96. The fourth-order valence-electron chi connectivity index (χ4n) is 2.45. The first-order valence-electron chi connectivity index (χ1n) is 7.19. The molecule has 0 aromatic heterocycles. The summed E-state index contributed by atoms with van der Waals surface area (Å²) in [6.07, 6.45) is 1.64. The van der Waals surface area contributed by atoms with Crippen LogP contribution in [-0.2, 0) is 4.74 Å². The number of rotatable bonds is 4. The van der Waals surface area contributed by atoms with Crippen molar-refractivity contribution in [2.75, 3.05) is 26.2 Å². The van der Waals surface area contributed by atoms with E-state index in [9.17, 15) is 9.18 Å². The Morgan fingerprint density at radius 1 is 1.50 bits per heavy atom. The molecule has 4 heteroatoms. The monoisotopic (exact) mass is 279 g/mol. The van der Waals surface area contributed by atoms with Crippen molar-refractivity contribution in [3.8, 4) is 0 Å². The molecule has 1 saturated heterocycles. The Balaban J connectivity index is 1.89. The number of aryl methyl sites for hydroxylation is 1.